The maximum absolute atomic E-state index is 12.4. The molecule has 6 heteroatoms. The smallest absolute Gasteiger partial charge is 0.262 e. The normalized spacial score (nSPS) is 15.1. The maximum atomic E-state index is 12.4. The highest BCUT2D eigenvalue weighted by Gasteiger charge is 2.30. The Kier molecular flexibility index (Phi) is 2.52. The molecule has 0 spiro atoms. The van der Waals surface area contributed by atoms with Gasteiger partial charge in [0.25, 0.3) is 10.0 Å². The first-order valence-corrected chi connectivity index (χ1v) is 8.13. The van der Waals surface area contributed by atoms with Gasteiger partial charge in [-0.3, -0.25) is 9.71 Å². The van der Waals surface area contributed by atoms with Gasteiger partial charge in [-0.2, -0.15) is 0 Å². The lowest BCUT2D eigenvalue weighted by atomic mass is 10.0. The maximum Gasteiger partial charge on any atom is 0.262 e. The molecule has 0 atom stereocenters. The van der Waals surface area contributed by atoms with Crippen LogP contribution in [0.4, 0.5) is 5.69 Å². The number of rotatable bonds is 0. The van der Waals surface area contributed by atoms with E-state index in [1.54, 1.807) is 24.4 Å². The van der Waals surface area contributed by atoms with E-state index in [0.717, 1.165) is 10.9 Å². The van der Waals surface area contributed by atoms with E-state index < -0.39 is 10.0 Å². The molecule has 21 heavy (non-hydrogen) atoms. The van der Waals surface area contributed by atoms with Gasteiger partial charge in [-0.15, -0.1) is 0 Å². The fraction of sp³-hybridized carbons (Fsp3) is 0. The summed E-state index contributed by atoms with van der Waals surface area (Å²) in [4.78, 5) is 4.48. The molecule has 1 aliphatic heterocycles. The van der Waals surface area contributed by atoms with Gasteiger partial charge in [0, 0.05) is 27.7 Å². The quantitative estimate of drug-likeness (QED) is 0.688. The minimum absolute atomic E-state index is 0.192. The lowest BCUT2D eigenvalue weighted by Gasteiger charge is -2.23. The van der Waals surface area contributed by atoms with Gasteiger partial charge in [0.2, 0.25) is 0 Å². The van der Waals surface area contributed by atoms with Crippen molar-refractivity contribution in [2.24, 2.45) is 0 Å². The van der Waals surface area contributed by atoms with Crippen LogP contribution >= 0.6 is 11.6 Å². The summed E-state index contributed by atoms with van der Waals surface area (Å²) in [6.07, 6.45) is 1.64. The van der Waals surface area contributed by atoms with Gasteiger partial charge >= 0.3 is 0 Å². The number of benzene rings is 2. The molecule has 3 aromatic rings. The fourth-order valence-electron chi connectivity index (χ4n) is 2.64. The summed E-state index contributed by atoms with van der Waals surface area (Å²) >= 11 is 6.24. The highest BCUT2D eigenvalue weighted by Crippen LogP contribution is 2.45. The summed E-state index contributed by atoms with van der Waals surface area (Å²) in [5, 5.41) is 1.28. The molecule has 0 fully saturated rings. The molecule has 1 aliphatic rings. The molecule has 2 aromatic carbocycles. The van der Waals surface area contributed by atoms with Crippen LogP contribution in [0.1, 0.15) is 0 Å². The van der Waals surface area contributed by atoms with Crippen LogP contribution in [-0.4, -0.2) is 13.4 Å². The first kappa shape index (κ1) is 12.6. The van der Waals surface area contributed by atoms with Crippen molar-refractivity contribution in [1.29, 1.82) is 0 Å². The van der Waals surface area contributed by atoms with Crippen LogP contribution in [0, 0.1) is 0 Å². The van der Waals surface area contributed by atoms with Crippen LogP contribution < -0.4 is 4.72 Å². The molecule has 0 unspecified atom stereocenters. The molecule has 104 valence electrons. The van der Waals surface area contributed by atoms with Crippen molar-refractivity contribution in [3.8, 4) is 11.1 Å². The van der Waals surface area contributed by atoms with E-state index in [4.69, 9.17) is 11.6 Å². The monoisotopic (exact) mass is 316 g/mol. The highest BCUT2D eigenvalue weighted by molar-refractivity contribution is 7.93. The number of fused-ring (bicyclic) bond motifs is 5. The number of pyridine rings is 1. The second-order valence-electron chi connectivity index (χ2n) is 4.78. The molecular formula is C15H9ClN2O2S. The standard InChI is InChI=1S/C15H9ClN2O2S/c16-11-4-1-5-12-13(11)10-7-6-9-3-2-8-17-14(9)15(10)18-21(12,19)20/h1-8,18H. The second kappa shape index (κ2) is 4.19. The predicted molar refractivity (Wildman–Crippen MR) is 83.0 cm³/mol. The van der Waals surface area contributed by atoms with E-state index in [2.05, 4.69) is 9.71 Å². The van der Waals surface area contributed by atoms with Gasteiger partial charge in [0.15, 0.2) is 0 Å². The van der Waals surface area contributed by atoms with Crippen LogP contribution in [0.15, 0.2) is 53.6 Å². The zero-order chi connectivity index (χ0) is 14.6. The van der Waals surface area contributed by atoms with Crippen LogP contribution in [0.5, 0.6) is 0 Å². The van der Waals surface area contributed by atoms with Gasteiger partial charge in [0.05, 0.1) is 16.1 Å². The van der Waals surface area contributed by atoms with Crippen LogP contribution in [0.3, 0.4) is 0 Å². The Morgan fingerprint density at radius 1 is 1.05 bits per heavy atom. The van der Waals surface area contributed by atoms with E-state index in [9.17, 15) is 8.42 Å². The Balaban J connectivity index is 2.20. The molecule has 1 aromatic heterocycles. The third-order valence-electron chi connectivity index (χ3n) is 3.55. The molecule has 4 nitrogen and oxygen atoms in total. The van der Waals surface area contributed by atoms with Gasteiger partial charge in [-0.1, -0.05) is 35.9 Å². The lowest BCUT2D eigenvalue weighted by molar-refractivity contribution is 0.601. The number of sulfonamides is 1. The van der Waals surface area contributed by atoms with Crippen molar-refractivity contribution in [3.05, 3.63) is 53.7 Å². The molecule has 0 bridgehead atoms. The average Bonchev–Trinajstić information content (AvgIpc) is 2.47. The van der Waals surface area contributed by atoms with Crippen LogP contribution in [0.25, 0.3) is 22.0 Å². The summed E-state index contributed by atoms with van der Waals surface area (Å²) in [6, 6.07) is 12.3. The number of aromatic nitrogens is 1. The number of nitrogens with one attached hydrogen (secondary N) is 1. The number of hydrogen-bond donors (Lipinski definition) is 1. The summed E-state index contributed by atoms with van der Waals surface area (Å²) in [6.45, 7) is 0. The van der Waals surface area contributed by atoms with Gasteiger partial charge < -0.3 is 0 Å². The van der Waals surface area contributed by atoms with Gasteiger partial charge in [-0.25, -0.2) is 8.42 Å². The third kappa shape index (κ3) is 1.74. The minimum Gasteiger partial charge on any atom is -0.277 e. The Bertz CT molecular complexity index is 1000. The molecule has 2 heterocycles. The predicted octanol–water partition coefficient (Wildman–Crippen LogP) is 3.67. The van der Waals surface area contributed by atoms with Crippen molar-refractivity contribution in [2.45, 2.75) is 4.90 Å². The number of nitrogens with zero attached hydrogens (tertiary/aromatic N) is 1. The first-order valence-electron chi connectivity index (χ1n) is 6.27. The Morgan fingerprint density at radius 3 is 2.76 bits per heavy atom. The topological polar surface area (TPSA) is 59.1 Å². The number of halogens is 1. The zero-order valence-electron chi connectivity index (χ0n) is 10.7. The van der Waals surface area contributed by atoms with E-state index >= 15 is 0 Å². The van der Waals surface area contributed by atoms with Crippen molar-refractivity contribution in [3.63, 3.8) is 0 Å². The summed E-state index contributed by atoms with van der Waals surface area (Å²) in [7, 11) is -3.64. The average molecular weight is 317 g/mol. The number of hydrogen-bond acceptors (Lipinski definition) is 3. The molecule has 0 aliphatic carbocycles. The molecule has 0 amide bonds. The fourth-order valence-corrected chi connectivity index (χ4v) is 4.30. The van der Waals surface area contributed by atoms with Crippen LogP contribution in [0.2, 0.25) is 5.02 Å². The van der Waals surface area contributed by atoms with Gasteiger partial charge in [0.1, 0.15) is 0 Å². The Labute approximate surface area is 126 Å². The molecule has 0 saturated heterocycles. The molecular weight excluding hydrogens is 308 g/mol. The highest BCUT2D eigenvalue weighted by atomic mass is 35.5. The molecule has 0 saturated carbocycles. The van der Waals surface area contributed by atoms with Crippen molar-refractivity contribution < 1.29 is 8.42 Å². The summed E-state index contributed by atoms with van der Waals surface area (Å²) in [5.74, 6) is 0. The lowest BCUT2D eigenvalue weighted by Crippen LogP contribution is -2.19. The van der Waals surface area contributed by atoms with Crippen LogP contribution in [-0.2, 0) is 10.0 Å². The molecule has 1 N–H and O–H groups in total. The van der Waals surface area contributed by atoms with E-state index in [1.165, 1.54) is 0 Å². The molecule has 4 rings (SSSR count). The van der Waals surface area contributed by atoms with E-state index in [-0.39, 0.29) is 4.90 Å². The summed E-state index contributed by atoms with van der Waals surface area (Å²) < 4.78 is 27.5. The Hall–Kier alpha value is -2.11. The van der Waals surface area contributed by atoms with Crippen molar-refractivity contribution >= 4 is 38.2 Å². The molecule has 0 radical (unpaired) electrons. The largest absolute Gasteiger partial charge is 0.277 e. The van der Waals surface area contributed by atoms with E-state index in [1.807, 2.05) is 24.3 Å². The SMILES string of the molecule is O=S1(=O)Nc2c(ccc3cccnc23)-c2c(Cl)cccc21. The first-order chi connectivity index (χ1) is 10.1. The summed E-state index contributed by atoms with van der Waals surface area (Å²) in [5.41, 5.74) is 2.37. The minimum atomic E-state index is -3.64. The Morgan fingerprint density at radius 2 is 1.90 bits per heavy atom. The zero-order valence-corrected chi connectivity index (χ0v) is 12.2. The second-order valence-corrected chi connectivity index (χ2v) is 6.84. The van der Waals surface area contributed by atoms with E-state index in [0.29, 0.717) is 21.8 Å². The van der Waals surface area contributed by atoms with Crippen molar-refractivity contribution in [2.75, 3.05) is 4.72 Å². The van der Waals surface area contributed by atoms with Gasteiger partial charge in [-0.05, 0) is 18.2 Å². The van der Waals surface area contributed by atoms with Crippen molar-refractivity contribution in [1.82, 2.24) is 4.98 Å². The third-order valence-corrected chi connectivity index (χ3v) is 5.25. The number of anilines is 1.